The SMILES string of the molecule is CNCc1nnn(C(C)C2CC2)c1C1CCOCC1. The van der Waals surface area contributed by atoms with Gasteiger partial charge in [0.25, 0.3) is 0 Å². The second-order valence-electron chi connectivity index (χ2n) is 5.86. The molecule has 1 aliphatic heterocycles. The third kappa shape index (κ3) is 2.67. The van der Waals surface area contributed by atoms with Crippen LogP contribution in [0, 0.1) is 5.92 Å². The summed E-state index contributed by atoms with van der Waals surface area (Å²) in [5, 5.41) is 12.1. The number of aromatic nitrogens is 3. The maximum atomic E-state index is 5.49. The molecule has 2 aliphatic rings. The molecule has 5 heteroatoms. The number of hydrogen-bond acceptors (Lipinski definition) is 4. The predicted octanol–water partition coefficient (Wildman–Crippen LogP) is 1.86. The third-order valence-corrected chi connectivity index (χ3v) is 4.45. The molecule has 2 heterocycles. The topological polar surface area (TPSA) is 52.0 Å². The highest BCUT2D eigenvalue weighted by Gasteiger charge is 2.34. The average molecular weight is 264 g/mol. The van der Waals surface area contributed by atoms with Crippen molar-refractivity contribution in [2.45, 2.75) is 51.1 Å². The zero-order valence-corrected chi connectivity index (χ0v) is 11.9. The predicted molar refractivity (Wildman–Crippen MR) is 73.0 cm³/mol. The first-order valence-electron chi connectivity index (χ1n) is 7.47. The summed E-state index contributed by atoms with van der Waals surface area (Å²) < 4.78 is 7.70. The Balaban J connectivity index is 1.89. The van der Waals surface area contributed by atoms with Crippen LogP contribution >= 0.6 is 0 Å². The molecule has 0 radical (unpaired) electrons. The van der Waals surface area contributed by atoms with Crippen molar-refractivity contribution in [1.29, 1.82) is 0 Å². The monoisotopic (exact) mass is 264 g/mol. The molecule has 1 saturated carbocycles. The van der Waals surface area contributed by atoms with Crippen molar-refractivity contribution in [3.63, 3.8) is 0 Å². The smallest absolute Gasteiger partial charge is 0.0999 e. The van der Waals surface area contributed by atoms with Crippen LogP contribution < -0.4 is 5.32 Å². The summed E-state index contributed by atoms with van der Waals surface area (Å²) in [6.45, 7) is 4.84. The molecule has 0 spiro atoms. The van der Waals surface area contributed by atoms with E-state index in [4.69, 9.17) is 4.74 Å². The van der Waals surface area contributed by atoms with Crippen LogP contribution in [0.1, 0.15) is 56.0 Å². The molecule has 0 bridgehead atoms. The molecule has 0 aromatic carbocycles. The van der Waals surface area contributed by atoms with Gasteiger partial charge in [-0.1, -0.05) is 5.21 Å². The highest BCUT2D eigenvalue weighted by atomic mass is 16.5. The summed E-state index contributed by atoms with van der Waals surface area (Å²) in [6, 6.07) is 0.496. The summed E-state index contributed by atoms with van der Waals surface area (Å²) in [7, 11) is 1.97. The Morgan fingerprint density at radius 1 is 1.32 bits per heavy atom. The zero-order valence-electron chi connectivity index (χ0n) is 11.9. The third-order valence-electron chi connectivity index (χ3n) is 4.45. The largest absolute Gasteiger partial charge is 0.381 e. The Bertz CT molecular complexity index is 421. The molecule has 2 fully saturated rings. The quantitative estimate of drug-likeness (QED) is 0.882. The molecule has 0 amide bonds. The van der Waals surface area contributed by atoms with E-state index >= 15 is 0 Å². The lowest BCUT2D eigenvalue weighted by Gasteiger charge is -2.25. The number of nitrogens with one attached hydrogen (secondary N) is 1. The second kappa shape index (κ2) is 5.59. The average Bonchev–Trinajstić information content (AvgIpc) is 3.21. The van der Waals surface area contributed by atoms with E-state index < -0.39 is 0 Å². The van der Waals surface area contributed by atoms with Crippen LogP contribution in [0.3, 0.4) is 0 Å². The molecule has 106 valence electrons. The zero-order chi connectivity index (χ0) is 13.2. The van der Waals surface area contributed by atoms with Gasteiger partial charge in [0.1, 0.15) is 0 Å². The molecule has 3 rings (SSSR count). The highest BCUT2D eigenvalue weighted by Crippen LogP contribution is 2.41. The van der Waals surface area contributed by atoms with Gasteiger partial charge in [0, 0.05) is 25.7 Å². The van der Waals surface area contributed by atoms with Gasteiger partial charge in [0.15, 0.2) is 0 Å². The normalized spacial score (nSPS) is 22.6. The van der Waals surface area contributed by atoms with E-state index in [2.05, 4.69) is 27.2 Å². The lowest BCUT2D eigenvalue weighted by molar-refractivity contribution is 0.0828. The van der Waals surface area contributed by atoms with E-state index in [9.17, 15) is 0 Å². The maximum absolute atomic E-state index is 5.49. The molecule has 1 atom stereocenters. The Kier molecular flexibility index (Phi) is 3.84. The van der Waals surface area contributed by atoms with Crippen molar-refractivity contribution < 1.29 is 4.74 Å². The molecule has 1 aromatic rings. The van der Waals surface area contributed by atoms with Gasteiger partial charge >= 0.3 is 0 Å². The van der Waals surface area contributed by atoms with Gasteiger partial charge in [0.05, 0.1) is 17.4 Å². The van der Waals surface area contributed by atoms with Crippen molar-refractivity contribution in [1.82, 2.24) is 20.3 Å². The Hall–Kier alpha value is -0.940. The number of hydrogen-bond donors (Lipinski definition) is 1. The first-order valence-corrected chi connectivity index (χ1v) is 7.47. The van der Waals surface area contributed by atoms with E-state index in [0.717, 1.165) is 44.2 Å². The fraction of sp³-hybridized carbons (Fsp3) is 0.857. The molecule has 1 saturated heterocycles. The van der Waals surface area contributed by atoms with Gasteiger partial charge in [-0.15, -0.1) is 5.10 Å². The van der Waals surface area contributed by atoms with Crippen molar-refractivity contribution in [2.24, 2.45) is 5.92 Å². The van der Waals surface area contributed by atoms with Gasteiger partial charge in [0.2, 0.25) is 0 Å². The summed E-state index contributed by atoms with van der Waals surface area (Å²) >= 11 is 0. The summed E-state index contributed by atoms with van der Waals surface area (Å²) in [5.41, 5.74) is 2.49. The number of ether oxygens (including phenoxy) is 1. The van der Waals surface area contributed by atoms with Crippen LogP contribution in [0.25, 0.3) is 0 Å². The molecule has 1 N–H and O–H groups in total. The Morgan fingerprint density at radius 3 is 2.68 bits per heavy atom. The van der Waals surface area contributed by atoms with E-state index in [1.165, 1.54) is 18.5 Å². The molecule has 1 aliphatic carbocycles. The fourth-order valence-corrected chi connectivity index (χ4v) is 3.10. The molecular formula is C14H24N4O. The fourth-order valence-electron chi connectivity index (χ4n) is 3.10. The number of nitrogens with zero attached hydrogens (tertiary/aromatic N) is 3. The van der Waals surface area contributed by atoms with Crippen molar-refractivity contribution in [2.75, 3.05) is 20.3 Å². The van der Waals surface area contributed by atoms with Crippen LogP contribution in [0.15, 0.2) is 0 Å². The lowest BCUT2D eigenvalue weighted by atomic mass is 9.94. The molecule has 1 aromatic heterocycles. The van der Waals surface area contributed by atoms with Gasteiger partial charge in [-0.25, -0.2) is 4.68 Å². The minimum absolute atomic E-state index is 0.496. The Morgan fingerprint density at radius 2 is 2.05 bits per heavy atom. The van der Waals surface area contributed by atoms with Crippen LogP contribution in [0.5, 0.6) is 0 Å². The molecule has 1 unspecified atom stereocenters. The minimum Gasteiger partial charge on any atom is -0.381 e. The van der Waals surface area contributed by atoms with Crippen molar-refractivity contribution in [3.05, 3.63) is 11.4 Å². The Labute approximate surface area is 114 Å². The van der Waals surface area contributed by atoms with Crippen molar-refractivity contribution >= 4 is 0 Å². The minimum atomic E-state index is 0.496. The van der Waals surface area contributed by atoms with Gasteiger partial charge in [-0.05, 0) is 45.6 Å². The van der Waals surface area contributed by atoms with Crippen molar-refractivity contribution in [3.8, 4) is 0 Å². The van der Waals surface area contributed by atoms with E-state index in [1.54, 1.807) is 0 Å². The van der Waals surface area contributed by atoms with Crippen LogP contribution in [-0.2, 0) is 11.3 Å². The van der Waals surface area contributed by atoms with E-state index in [1.807, 2.05) is 7.05 Å². The molecule has 5 nitrogen and oxygen atoms in total. The van der Waals surface area contributed by atoms with Gasteiger partial charge in [-0.3, -0.25) is 0 Å². The van der Waals surface area contributed by atoms with E-state index in [0.29, 0.717) is 12.0 Å². The molecular weight excluding hydrogens is 240 g/mol. The first-order chi connectivity index (χ1) is 9.31. The summed E-state index contributed by atoms with van der Waals surface area (Å²) in [5.74, 6) is 1.37. The van der Waals surface area contributed by atoms with Crippen LogP contribution in [0.4, 0.5) is 0 Å². The molecule has 19 heavy (non-hydrogen) atoms. The maximum Gasteiger partial charge on any atom is 0.0999 e. The number of rotatable bonds is 5. The van der Waals surface area contributed by atoms with Gasteiger partial charge < -0.3 is 10.1 Å². The summed E-state index contributed by atoms with van der Waals surface area (Å²) in [4.78, 5) is 0. The first kappa shape index (κ1) is 13.1. The van der Waals surface area contributed by atoms with Crippen LogP contribution in [-0.4, -0.2) is 35.3 Å². The van der Waals surface area contributed by atoms with E-state index in [-0.39, 0.29) is 0 Å². The lowest BCUT2D eigenvalue weighted by Crippen LogP contribution is -2.22. The summed E-state index contributed by atoms with van der Waals surface area (Å²) in [6.07, 6.45) is 4.88. The van der Waals surface area contributed by atoms with Crippen LogP contribution in [0.2, 0.25) is 0 Å². The van der Waals surface area contributed by atoms with Gasteiger partial charge in [-0.2, -0.15) is 0 Å². The second-order valence-corrected chi connectivity index (χ2v) is 5.86. The highest BCUT2D eigenvalue weighted by molar-refractivity contribution is 5.17. The standard InChI is InChI=1S/C14H24N4O/c1-10(11-3-4-11)18-14(12-5-7-19-8-6-12)13(9-15-2)16-17-18/h10-12,15H,3-9H2,1-2H3.